The first-order chi connectivity index (χ1) is 12.3. The van der Waals surface area contributed by atoms with Gasteiger partial charge in [-0.3, -0.25) is 0 Å². The quantitative estimate of drug-likeness (QED) is 0.329. The van der Waals surface area contributed by atoms with E-state index in [2.05, 4.69) is 11.2 Å². The zero-order chi connectivity index (χ0) is 17.5. The second-order valence-corrected chi connectivity index (χ2v) is 8.02. The lowest BCUT2D eigenvalue weighted by molar-refractivity contribution is 0.344. The number of nitrogens with zero attached hydrogens (tertiary/aromatic N) is 3. The van der Waals surface area contributed by atoms with Gasteiger partial charge in [0.05, 0.1) is 24.8 Å². The van der Waals surface area contributed by atoms with E-state index in [1.54, 1.807) is 16.4 Å². The van der Waals surface area contributed by atoms with Crippen molar-refractivity contribution in [3.05, 3.63) is 64.1 Å². The summed E-state index contributed by atoms with van der Waals surface area (Å²) in [6, 6.07) is 19.6. The summed E-state index contributed by atoms with van der Waals surface area (Å²) in [6.45, 7) is 0.583. The molecule has 0 atom stereocenters. The highest BCUT2D eigenvalue weighted by molar-refractivity contribution is 8.01. The molecule has 0 N–H and O–H groups in total. The molecule has 1 heterocycles. The summed E-state index contributed by atoms with van der Waals surface area (Å²) in [7, 11) is 0. The molecule has 7 heteroatoms. The van der Waals surface area contributed by atoms with Crippen molar-refractivity contribution in [2.75, 3.05) is 12.4 Å². The van der Waals surface area contributed by atoms with Crippen LogP contribution in [-0.4, -0.2) is 22.1 Å². The Hall–Kier alpha value is -2.14. The lowest BCUT2D eigenvalue weighted by Crippen LogP contribution is -2.00. The van der Waals surface area contributed by atoms with Crippen LogP contribution in [0.1, 0.15) is 5.56 Å². The largest absolute Gasteiger partial charge is 0.493 e. The number of hydrogen-bond donors (Lipinski definition) is 0. The molecule has 0 saturated heterocycles. The monoisotopic (exact) mass is 385 g/mol. The number of nitriles is 1. The molecule has 126 valence electrons. The van der Waals surface area contributed by atoms with Gasteiger partial charge in [0.2, 0.25) is 0 Å². The van der Waals surface area contributed by atoms with Gasteiger partial charge in [-0.2, -0.15) is 5.26 Å². The van der Waals surface area contributed by atoms with Gasteiger partial charge in [-0.1, -0.05) is 53.4 Å². The SMILES string of the molecule is N#CCc1ccc(OCCSc2nn(-c3ccccc3)c(=S)s2)cc1. The summed E-state index contributed by atoms with van der Waals surface area (Å²) in [6.07, 6.45) is 0.422. The van der Waals surface area contributed by atoms with Crippen molar-refractivity contribution in [1.29, 1.82) is 5.26 Å². The number of ether oxygens (including phenoxy) is 1. The zero-order valence-electron chi connectivity index (χ0n) is 13.3. The van der Waals surface area contributed by atoms with Crippen molar-refractivity contribution in [2.45, 2.75) is 10.8 Å². The second kappa shape index (κ2) is 8.81. The molecule has 0 spiro atoms. The first kappa shape index (κ1) is 17.7. The Labute approximate surface area is 159 Å². The van der Waals surface area contributed by atoms with Gasteiger partial charge < -0.3 is 4.74 Å². The summed E-state index contributed by atoms with van der Waals surface area (Å²) < 4.78 is 9.18. The van der Waals surface area contributed by atoms with Crippen LogP contribution in [-0.2, 0) is 6.42 Å². The molecule has 0 radical (unpaired) electrons. The summed E-state index contributed by atoms with van der Waals surface area (Å²) in [5, 5.41) is 13.2. The Kier molecular flexibility index (Phi) is 6.23. The molecule has 2 aromatic carbocycles. The minimum Gasteiger partial charge on any atom is -0.493 e. The van der Waals surface area contributed by atoms with E-state index in [1.165, 1.54) is 11.3 Å². The lowest BCUT2D eigenvalue weighted by Gasteiger charge is -2.05. The fourth-order valence-corrected chi connectivity index (χ4v) is 4.38. The van der Waals surface area contributed by atoms with Crippen molar-refractivity contribution >= 4 is 35.3 Å². The Balaban J connectivity index is 1.51. The van der Waals surface area contributed by atoms with Gasteiger partial charge in [0.25, 0.3) is 0 Å². The third kappa shape index (κ3) is 4.92. The van der Waals surface area contributed by atoms with Crippen molar-refractivity contribution in [3.8, 4) is 17.5 Å². The lowest BCUT2D eigenvalue weighted by atomic mass is 10.2. The summed E-state index contributed by atoms with van der Waals surface area (Å²) >= 11 is 8.53. The molecule has 4 nitrogen and oxygen atoms in total. The topological polar surface area (TPSA) is 50.8 Å². The highest BCUT2D eigenvalue weighted by atomic mass is 32.2. The third-order valence-electron chi connectivity index (χ3n) is 3.31. The molecule has 0 aliphatic heterocycles. The molecule has 0 saturated carbocycles. The van der Waals surface area contributed by atoms with Crippen molar-refractivity contribution in [1.82, 2.24) is 9.78 Å². The molecule has 1 aromatic heterocycles. The van der Waals surface area contributed by atoms with E-state index in [0.717, 1.165) is 31.0 Å². The van der Waals surface area contributed by atoms with Crippen LogP contribution in [0.2, 0.25) is 0 Å². The average molecular weight is 386 g/mol. The van der Waals surface area contributed by atoms with E-state index < -0.39 is 0 Å². The number of rotatable bonds is 7. The zero-order valence-corrected chi connectivity index (χ0v) is 15.7. The van der Waals surface area contributed by atoms with Crippen molar-refractivity contribution in [2.24, 2.45) is 0 Å². The summed E-state index contributed by atoms with van der Waals surface area (Å²) in [4.78, 5) is 0. The Morgan fingerprint density at radius 3 is 2.64 bits per heavy atom. The van der Waals surface area contributed by atoms with Crippen LogP contribution in [0.4, 0.5) is 0 Å². The normalized spacial score (nSPS) is 10.4. The maximum absolute atomic E-state index is 8.67. The van der Waals surface area contributed by atoms with Crippen LogP contribution >= 0.6 is 35.3 Å². The van der Waals surface area contributed by atoms with Crippen LogP contribution in [0.25, 0.3) is 5.69 Å². The third-order valence-corrected chi connectivity index (χ3v) is 5.64. The van der Waals surface area contributed by atoms with Crippen LogP contribution in [0.5, 0.6) is 5.75 Å². The maximum Gasteiger partial charge on any atom is 0.184 e. The van der Waals surface area contributed by atoms with Crippen molar-refractivity contribution in [3.63, 3.8) is 0 Å². The molecule has 0 fully saturated rings. The van der Waals surface area contributed by atoms with Crippen LogP contribution in [0, 0.1) is 15.3 Å². The van der Waals surface area contributed by atoms with Gasteiger partial charge >= 0.3 is 0 Å². The molecule has 3 rings (SSSR count). The Bertz CT molecular complexity index is 911. The number of thioether (sulfide) groups is 1. The predicted octanol–water partition coefficient (Wildman–Crippen LogP) is 4.90. The summed E-state index contributed by atoms with van der Waals surface area (Å²) in [5.41, 5.74) is 1.97. The molecular formula is C18H15N3OS3. The van der Waals surface area contributed by atoms with Gasteiger partial charge in [-0.25, -0.2) is 4.68 Å². The van der Waals surface area contributed by atoms with Gasteiger partial charge in [0, 0.05) is 5.75 Å². The molecule has 0 bridgehead atoms. The predicted molar refractivity (Wildman–Crippen MR) is 104 cm³/mol. The average Bonchev–Trinajstić information content (AvgIpc) is 3.02. The molecule has 3 aromatic rings. The highest BCUT2D eigenvalue weighted by Crippen LogP contribution is 2.24. The maximum atomic E-state index is 8.67. The molecule has 0 aliphatic carbocycles. The molecule has 0 amide bonds. The number of para-hydroxylation sites is 1. The van der Waals surface area contributed by atoms with Crippen molar-refractivity contribution < 1.29 is 4.74 Å². The van der Waals surface area contributed by atoms with Crippen LogP contribution < -0.4 is 4.74 Å². The molecular weight excluding hydrogens is 370 g/mol. The number of hydrogen-bond acceptors (Lipinski definition) is 6. The van der Waals surface area contributed by atoms with Gasteiger partial charge in [0.1, 0.15) is 5.75 Å². The van der Waals surface area contributed by atoms with E-state index >= 15 is 0 Å². The van der Waals surface area contributed by atoms with E-state index in [0.29, 0.717) is 13.0 Å². The fourth-order valence-electron chi connectivity index (χ4n) is 2.13. The van der Waals surface area contributed by atoms with Gasteiger partial charge in [-0.15, -0.1) is 5.10 Å². The van der Waals surface area contributed by atoms with Crippen LogP contribution in [0.15, 0.2) is 58.9 Å². The van der Waals surface area contributed by atoms with E-state index in [-0.39, 0.29) is 0 Å². The van der Waals surface area contributed by atoms with E-state index in [9.17, 15) is 0 Å². The number of benzene rings is 2. The Morgan fingerprint density at radius 2 is 1.92 bits per heavy atom. The smallest absolute Gasteiger partial charge is 0.184 e. The highest BCUT2D eigenvalue weighted by Gasteiger charge is 2.06. The van der Waals surface area contributed by atoms with Gasteiger partial charge in [0.15, 0.2) is 8.29 Å². The minimum absolute atomic E-state index is 0.422. The summed E-state index contributed by atoms with van der Waals surface area (Å²) in [5.74, 6) is 1.60. The molecule has 0 unspecified atom stereocenters. The first-order valence-corrected chi connectivity index (χ1v) is 9.84. The van der Waals surface area contributed by atoms with Crippen LogP contribution in [0.3, 0.4) is 0 Å². The molecule has 0 aliphatic rings. The van der Waals surface area contributed by atoms with Gasteiger partial charge in [-0.05, 0) is 42.0 Å². The Morgan fingerprint density at radius 1 is 1.16 bits per heavy atom. The minimum atomic E-state index is 0.422. The van der Waals surface area contributed by atoms with E-state index in [4.69, 9.17) is 22.2 Å². The second-order valence-electron chi connectivity index (χ2n) is 5.06. The number of aromatic nitrogens is 2. The molecule has 25 heavy (non-hydrogen) atoms. The standard InChI is InChI=1S/C18H15N3OS3/c19-11-10-14-6-8-16(9-7-14)22-12-13-24-17-20-21(18(23)25-17)15-4-2-1-3-5-15/h1-9H,10,12-13H2. The first-order valence-electron chi connectivity index (χ1n) is 7.63. The van der Waals surface area contributed by atoms with E-state index in [1.807, 2.05) is 54.6 Å². The fraction of sp³-hybridized carbons (Fsp3) is 0.167.